The van der Waals surface area contributed by atoms with E-state index in [2.05, 4.69) is 33.0 Å². The maximum Gasteiger partial charge on any atom is 0.0772 e. The van der Waals surface area contributed by atoms with Crippen molar-refractivity contribution in [3.63, 3.8) is 0 Å². The van der Waals surface area contributed by atoms with Gasteiger partial charge >= 0.3 is 0 Å². The molecule has 0 amide bonds. The third-order valence-electron chi connectivity index (χ3n) is 2.60. The van der Waals surface area contributed by atoms with Crippen LogP contribution in [0, 0.1) is 0 Å². The van der Waals surface area contributed by atoms with Gasteiger partial charge in [0.05, 0.1) is 8.07 Å². The van der Waals surface area contributed by atoms with Crippen molar-refractivity contribution in [1.29, 1.82) is 0 Å². The summed E-state index contributed by atoms with van der Waals surface area (Å²) in [4.78, 5) is 0. The van der Waals surface area contributed by atoms with E-state index in [4.69, 9.17) is 5.11 Å². The normalized spacial score (nSPS) is 14.4. The van der Waals surface area contributed by atoms with Crippen molar-refractivity contribution >= 4 is 17.6 Å². The molecule has 0 saturated carbocycles. The van der Waals surface area contributed by atoms with Crippen molar-refractivity contribution in [3.8, 4) is 0 Å². The molecule has 1 N–H and O–H groups in total. The second kappa shape index (κ2) is 6.57. The first-order valence-electron chi connectivity index (χ1n) is 5.24. The predicted molar refractivity (Wildman–Crippen MR) is 66.8 cm³/mol. The molecule has 0 bridgehead atoms. The molecular formula is C10H24OSi2. The van der Waals surface area contributed by atoms with Crippen LogP contribution in [0.2, 0.25) is 25.2 Å². The zero-order valence-corrected chi connectivity index (χ0v) is 12.0. The molecule has 0 radical (unpaired) electrons. The minimum Gasteiger partial charge on any atom is -0.400 e. The SMILES string of the molecule is CC=C(C)[SiH2]CCC[Si](C)(C)CO. The van der Waals surface area contributed by atoms with Gasteiger partial charge in [-0.05, 0) is 13.8 Å². The van der Waals surface area contributed by atoms with Crippen molar-refractivity contribution in [1.82, 2.24) is 0 Å². The van der Waals surface area contributed by atoms with Gasteiger partial charge in [0, 0.05) is 15.7 Å². The molecule has 0 heterocycles. The van der Waals surface area contributed by atoms with Crippen LogP contribution in [0.25, 0.3) is 0 Å². The summed E-state index contributed by atoms with van der Waals surface area (Å²) in [6.45, 7) is 8.93. The van der Waals surface area contributed by atoms with E-state index >= 15 is 0 Å². The number of aliphatic hydroxyl groups excluding tert-OH is 1. The fourth-order valence-corrected chi connectivity index (χ4v) is 4.44. The summed E-state index contributed by atoms with van der Waals surface area (Å²) in [6.07, 6.45) is 4.05. The molecule has 0 aliphatic heterocycles. The Balaban J connectivity index is 3.46. The van der Waals surface area contributed by atoms with Crippen molar-refractivity contribution in [3.05, 3.63) is 11.3 Å². The molecule has 0 aromatic carbocycles. The Labute approximate surface area is 86.1 Å². The lowest BCUT2D eigenvalue weighted by atomic mass is 10.6. The van der Waals surface area contributed by atoms with Gasteiger partial charge in [0.15, 0.2) is 0 Å². The third kappa shape index (κ3) is 7.22. The highest BCUT2D eigenvalue weighted by Crippen LogP contribution is 2.13. The number of hydrogen-bond donors (Lipinski definition) is 1. The third-order valence-corrected chi connectivity index (χ3v) is 7.21. The van der Waals surface area contributed by atoms with Crippen LogP contribution in [0.3, 0.4) is 0 Å². The van der Waals surface area contributed by atoms with Crippen LogP contribution in [-0.4, -0.2) is 28.9 Å². The Bertz CT molecular complexity index is 164. The zero-order valence-electron chi connectivity index (χ0n) is 9.56. The molecule has 0 aromatic rings. The lowest BCUT2D eigenvalue weighted by Crippen LogP contribution is -2.30. The molecule has 1 nitrogen and oxygen atoms in total. The van der Waals surface area contributed by atoms with Crippen LogP contribution in [-0.2, 0) is 0 Å². The maximum atomic E-state index is 9.11. The minimum absolute atomic E-state index is 0.0608. The largest absolute Gasteiger partial charge is 0.400 e. The Morgan fingerprint density at radius 3 is 2.54 bits per heavy atom. The summed E-state index contributed by atoms with van der Waals surface area (Å²) in [7, 11) is -1.14. The molecule has 0 saturated heterocycles. The van der Waals surface area contributed by atoms with Gasteiger partial charge in [-0.2, -0.15) is 0 Å². The first kappa shape index (κ1) is 13.1. The second-order valence-electron chi connectivity index (χ2n) is 4.66. The van der Waals surface area contributed by atoms with Gasteiger partial charge in [0.2, 0.25) is 0 Å². The van der Waals surface area contributed by atoms with E-state index in [1.807, 2.05) is 0 Å². The fraction of sp³-hybridized carbons (Fsp3) is 0.800. The molecule has 0 fully saturated rings. The van der Waals surface area contributed by atoms with Gasteiger partial charge in [-0.3, -0.25) is 0 Å². The molecular weight excluding hydrogens is 192 g/mol. The average molecular weight is 216 g/mol. The monoisotopic (exact) mass is 216 g/mol. The van der Waals surface area contributed by atoms with Crippen LogP contribution < -0.4 is 0 Å². The van der Waals surface area contributed by atoms with Crippen LogP contribution in [0.1, 0.15) is 20.3 Å². The van der Waals surface area contributed by atoms with Gasteiger partial charge in [-0.25, -0.2) is 0 Å². The van der Waals surface area contributed by atoms with Crippen molar-refractivity contribution < 1.29 is 5.11 Å². The number of hydrogen-bond acceptors (Lipinski definition) is 1. The topological polar surface area (TPSA) is 20.2 Å². The van der Waals surface area contributed by atoms with Gasteiger partial charge in [-0.15, -0.1) is 0 Å². The van der Waals surface area contributed by atoms with E-state index < -0.39 is 8.07 Å². The molecule has 0 aliphatic carbocycles. The summed E-state index contributed by atoms with van der Waals surface area (Å²) in [5.41, 5.74) is 0. The molecule has 78 valence electrons. The first-order valence-corrected chi connectivity index (χ1v) is 10.4. The van der Waals surface area contributed by atoms with Crippen LogP contribution >= 0.6 is 0 Å². The predicted octanol–water partition coefficient (Wildman–Crippen LogP) is 2.13. The van der Waals surface area contributed by atoms with Gasteiger partial charge in [0.25, 0.3) is 0 Å². The first-order chi connectivity index (χ1) is 6.02. The Morgan fingerprint density at radius 2 is 2.08 bits per heavy atom. The lowest BCUT2D eigenvalue weighted by molar-refractivity contribution is 0.357. The smallest absolute Gasteiger partial charge is 0.0772 e. The van der Waals surface area contributed by atoms with Crippen LogP contribution in [0.4, 0.5) is 0 Å². The summed E-state index contributed by atoms with van der Waals surface area (Å²) in [5.74, 6) is 0. The summed E-state index contributed by atoms with van der Waals surface area (Å²) in [6, 6.07) is 2.72. The molecule has 0 unspecified atom stereocenters. The molecule has 0 aliphatic rings. The quantitative estimate of drug-likeness (QED) is 0.533. The Kier molecular flexibility index (Phi) is 6.63. The summed E-state index contributed by atoms with van der Waals surface area (Å²) < 4.78 is 0. The van der Waals surface area contributed by atoms with Crippen LogP contribution in [0.15, 0.2) is 11.3 Å². The van der Waals surface area contributed by atoms with E-state index in [1.54, 1.807) is 5.20 Å². The number of aliphatic hydroxyl groups is 1. The van der Waals surface area contributed by atoms with Crippen LogP contribution in [0.5, 0.6) is 0 Å². The van der Waals surface area contributed by atoms with E-state index in [1.165, 1.54) is 18.5 Å². The second-order valence-corrected chi connectivity index (χ2v) is 12.1. The van der Waals surface area contributed by atoms with E-state index in [0.29, 0.717) is 6.23 Å². The average Bonchev–Trinajstić information content (AvgIpc) is 2.12. The fourth-order valence-electron chi connectivity index (χ4n) is 1.23. The van der Waals surface area contributed by atoms with E-state index in [9.17, 15) is 0 Å². The van der Waals surface area contributed by atoms with Gasteiger partial charge in [0.1, 0.15) is 0 Å². The van der Waals surface area contributed by atoms with Crippen molar-refractivity contribution in [2.45, 2.75) is 45.5 Å². The molecule has 0 atom stereocenters. The van der Waals surface area contributed by atoms with Gasteiger partial charge < -0.3 is 5.11 Å². The molecule has 0 spiro atoms. The highest BCUT2D eigenvalue weighted by atomic mass is 28.3. The highest BCUT2D eigenvalue weighted by Gasteiger charge is 2.18. The summed E-state index contributed by atoms with van der Waals surface area (Å²) >= 11 is 0. The van der Waals surface area contributed by atoms with Crippen molar-refractivity contribution in [2.75, 3.05) is 6.23 Å². The standard InChI is InChI=1S/C10H24OSi2/c1-5-10(2)12-7-6-8-13(3,4)9-11/h5,11H,6-9,12H2,1-4H3. The molecule has 0 aromatic heterocycles. The van der Waals surface area contributed by atoms with Crippen molar-refractivity contribution in [2.24, 2.45) is 0 Å². The number of allylic oxidation sites excluding steroid dienone is 2. The maximum absolute atomic E-state index is 9.11. The summed E-state index contributed by atoms with van der Waals surface area (Å²) in [5, 5.41) is 10.7. The highest BCUT2D eigenvalue weighted by molar-refractivity contribution is 6.77. The van der Waals surface area contributed by atoms with E-state index in [0.717, 1.165) is 0 Å². The Hall–Kier alpha value is 0.134. The number of rotatable bonds is 6. The Morgan fingerprint density at radius 1 is 1.46 bits per heavy atom. The molecule has 0 rings (SSSR count). The zero-order chi connectivity index (χ0) is 10.3. The lowest BCUT2D eigenvalue weighted by Gasteiger charge is -2.18. The van der Waals surface area contributed by atoms with E-state index in [-0.39, 0.29) is 9.52 Å². The molecule has 3 heteroatoms. The van der Waals surface area contributed by atoms with Gasteiger partial charge in [-0.1, -0.05) is 42.9 Å². The molecule has 13 heavy (non-hydrogen) atoms. The minimum atomic E-state index is -1.20.